The molecule has 0 bridgehead atoms. The molecule has 1 atom stereocenters. The van der Waals surface area contributed by atoms with Crippen LogP contribution in [0.25, 0.3) is 0 Å². The van der Waals surface area contributed by atoms with Crippen molar-refractivity contribution in [2.24, 2.45) is 5.73 Å². The maximum absolute atomic E-state index is 10.5. The number of primary amides is 1. The Kier molecular flexibility index (Phi) is 3.75. The molecule has 2 amide bonds. The summed E-state index contributed by atoms with van der Waals surface area (Å²) in [6.45, 7) is 1.65. The SMILES string of the molecule is C#CC(=O)NC(C)CC(N)=O. The second-order valence-corrected chi connectivity index (χ2v) is 2.19. The first-order valence-electron chi connectivity index (χ1n) is 3.11. The molecule has 11 heavy (non-hydrogen) atoms. The van der Waals surface area contributed by atoms with Crippen LogP contribution in [0.15, 0.2) is 0 Å². The van der Waals surface area contributed by atoms with Crippen LogP contribution in [-0.4, -0.2) is 17.9 Å². The second-order valence-electron chi connectivity index (χ2n) is 2.19. The van der Waals surface area contributed by atoms with E-state index < -0.39 is 11.8 Å². The number of nitrogens with one attached hydrogen (secondary N) is 1. The van der Waals surface area contributed by atoms with Crippen LogP contribution in [0.5, 0.6) is 0 Å². The van der Waals surface area contributed by atoms with Gasteiger partial charge in [-0.25, -0.2) is 0 Å². The normalized spacial score (nSPS) is 11.3. The zero-order chi connectivity index (χ0) is 8.85. The van der Waals surface area contributed by atoms with Crippen molar-refractivity contribution >= 4 is 11.8 Å². The summed E-state index contributed by atoms with van der Waals surface area (Å²) < 4.78 is 0. The Morgan fingerprint density at radius 2 is 2.27 bits per heavy atom. The molecule has 0 aliphatic heterocycles. The smallest absolute Gasteiger partial charge is 0.295 e. The number of hydrogen-bond acceptors (Lipinski definition) is 2. The van der Waals surface area contributed by atoms with Crippen molar-refractivity contribution in [2.75, 3.05) is 0 Å². The fourth-order valence-corrected chi connectivity index (χ4v) is 0.618. The van der Waals surface area contributed by atoms with E-state index in [0.717, 1.165) is 0 Å². The Morgan fingerprint density at radius 3 is 2.64 bits per heavy atom. The Balaban J connectivity index is 3.71. The molecule has 0 aromatic heterocycles. The van der Waals surface area contributed by atoms with Crippen molar-refractivity contribution in [1.29, 1.82) is 0 Å². The maximum Gasteiger partial charge on any atom is 0.295 e. The molecule has 3 N–H and O–H groups in total. The quantitative estimate of drug-likeness (QED) is 0.512. The molecule has 0 rings (SSSR count). The monoisotopic (exact) mass is 154 g/mol. The minimum absolute atomic E-state index is 0.105. The van der Waals surface area contributed by atoms with E-state index in [-0.39, 0.29) is 12.5 Å². The Labute approximate surface area is 65.1 Å². The average molecular weight is 154 g/mol. The van der Waals surface area contributed by atoms with E-state index in [1.165, 1.54) is 0 Å². The Morgan fingerprint density at radius 1 is 1.73 bits per heavy atom. The van der Waals surface area contributed by atoms with E-state index in [1.54, 1.807) is 6.92 Å². The minimum atomic E-state index is -0.529. The van der Waals surface area contributed by atoms with E-state index in [4.69, 9.17) is 12.2 Å². The summed E-state index contributed by atoms with van der Waals surface area (Å²) >= 11 is 0. The third-order valence-electron chi connectivity index (χ3n) is 1.02. The van der Waals surface area contributed by atoms with Crippen molar-refractivity contribution < 1.29 is 9.59 Å². The van der Waals surface area contributed by atoms with Crippen LogP contribution >= 0.6 is 0 Å². The van der Waals surface area contributed by atoms with Gasteiger partial charge in [0.2, 0.25) is 5.91 Å². The van der Waals surface area contributed by atoms with E-state index in [1.807, 2.05) is 5.92 Å². The van der Waals surface area contributed by atoms with Crippen molar-refractivity contribution in [2.45, 2.75) is 19.4 Å². The van der Waals surface area contributed by atoms with E-state index in [2.05, 4.69) is 5.32 Å². The van der Waals surface area contributed by atoms with E-state index >= 15 is 0 Å². The molecule has 1 unspecified atom stereocenters. The molecule has 0 aliphatic carbocycles. The standard InChI is InChI=1S/C7H10N2O2/c1-3-7(11)9-5(2)4-6(8)10/h1,5H,4H2,2H3,(H2,8,10)(H,9,11). The van der Waals surface area contributed by atoms with Gasteiger partial charge in [0.1, 0.15) is 0 Å². The topological polar surface area (TPSA) is 72.2 Å². The maximum atomic E-state index is 10.5. The largest absolute Gasteiger partial charge is 0.370 e. The summed E-state index contributed by atoms with van der Waals surface area (Å²) in [5.74, 6) is 0.875. The van der Waals surface area contributed by atoms with Crippen molar-refractivity contribution in [3.05, 3.63) is 0 Å². The molecule has 0 aromatic carbocycles. The summed E-state index contributed by atoms with van der Waals surface area (Å²) in [6.07, 6.45) is 4.88. The third kappa shape index (κ3) is 4.97. The first-order chi connectivity index (χ1) is 5.06. The zero-order valence-corrected chi connectivity index (χ0v) is 6.26. The molecule has 0 radical (unpaired) electrons. The van der Waals surface area contributed by atoms with Crippen LogP contribution in [0.2, 0.25) is 0 Å². The highest BCUT2D eigenvalue weighted by Gasteiger charge is 2.06. The number of hydrogen-bond donors (Lipinski definition) is 2. The van der Waals surface area contributed by atoms with Crippen LogP contribution in [-0.2, 0) is 9.59 Å². The van der Waals surface area contributed by atoms with Crippen LogP contribution in [0, 0.1) is 12.3 Å². The minimum Gasteiger partial charge on any atom is -0.370 e. The molecule has 0 saturated heterocycles. The number of carbonyl (C=O) groups excluding carboxylic acids is 2. The van der Waals surface area contributed by atoms with Crippen molar-refractivity contribution in [3.8, 4) is 12.3 Å². The first-order valence-corrected chi connectivity index (χ1v) is 3.11. The molecule has 0 aromatic rings. The molecule has 60 valence electrons. The van der Waals surface area contributed by atoms with Crippen LogP contribution in [0.4, 0.5) is 0 Å². The van der Waals surface area contributed by atoms with Crippen molar-refractivity contribution in [3.63, 3.8) is 0 Å². The lowest BCUT2D eigenvalue weighted by Crippen LogP contribution is -2.34. The molecule has 0 saturated carbocycles. The van der Waals surface area contributed by atoms with Gasteiger partial charge in [-0.05, 0) is 12.8 Å². The highest BCUT2D eigenvalue weighted by atomic mass is 16.2. The second kappa shape index (κ2) is 4.34. The van der Waals surface area contributed by atoms with Gasteiger partial charge >= 0.3 is 0 Å². The molecule has 0 spiro atoms. The number of terminal acetylenes is 1. The predicted octanol–water partition coefficient (Wildman–Crippen LogP) is -1.00. The molecular weight excluding hydrogens is 144 g/mol. The highest BCUT2D eigenvalue weighted by molar-refractivity contribution is 5.93. The molecule has 0 fully saturated rings. The number of amides is 2. The van der Waals surface area contributed by atoms with Crippen LogP contribution < -0.4 is 11.1 Å². The number of nitrogens with two attached hydrogens (primary N) is 1. The average Bonchev–Trinajstić information content (AvgIpc) is 1.85. The lowest BCUT2D eigenvalue weighted by molar-refractivity contribution is -0.119. The van der Waals surface area contributed by atoms with Gasteiger partial charge in [0.25, 0.3) is 5.91 Å². The molecule has 0 aliphatic rings. The van der Waals surface area contributed by atoms with Crippen LogP contribution in [0.1, 0.15) is 13.3 Å². The van der Waals surface area contributed by atoms with Crippen molar-refractivity contribution in [1.82, 2.24) is 5.32 Å². The van der Waals surface area contributed by atoms with Gasteiger partial charge in [0.05, 0.1) is 0 Å². The number of rotatable bonds is 3. The summed E-state index contributed by atoms with van der Waals surface area (Å²) in [5, 5.41) is 2.38. The van der Waals surface area contributed by atoms with E-state index in [9.17, 15) is 9.59 Å². The molecule has 4 nitrogen and oxygen atoms in total. The Bertz CT molecular complexity index is 205. The van der Waals surface area contributed by atoms with Gasteiger partial charge in [0.15, 0.2) is 0 Å². The predicted molar refractivity (Wildman–Crippen MR) is 40.2 cm³/mol. The van der Waals surface area contributed by atoms with Gasteiger partial charge in [-0.1, -0.05) is 0 Å². The molecular formula is C7H10N2O2. The fraction of sp³-hybridized carbons (Fsp3) is 0.429. The number of carbonyl (C=O) groups is 2. The zero-order valence-electron chi connectivity index (χ0n) is 6.26. The van der Waals surface area contributed by atoms with Gasteiger partial charge in [-0.2, -0.15) is 0 Å². The first kappa shape index (κ1) is 9.50. The summed E-state index contributed by atoms with van der Waals surface area (Å²) in [7, 11) is 0. The Hall–Kier alpha value is -1.50. The third-order valence-corrected chi connectivity index (χ3v) is 1.02. The van der Waals surface area contributed by atoms with Gasteiger partial charge < -0.3 is 11.1 Å². The molecule has 4 heteroatoms. The van der Waals surface area contributed by atoms with Crippen LogP contribution in [0.3, 0.4) is 0 Å². The summed E-state index contributed by atoms with van der Waals surface area (Å²) in [5.41, 5.74) is 4.87. The fourth-order valence-electron chi connectivity index (χ4n) is 0.618. The van der Waals surface area contributed by atoms with Gasteiger partial charge in [-0.3, -0.25) is 9.59 Å². The lowest BCUT2D eigenvalue weighted by atomic mass is 10.2. The highest BCUT2D eigenvalue weighted by Crippen LogP contribution is 1.87. The summed E-state index contributed by atoms with van der Waals surface area (Å²) in [6, 6.07) is -0.295. The van der Waals surface area contributed by atoms with E-state index in [0.29, 0.717) is 0 Å². The lowest BCUT2D eigenvalue weighted by Gasteiger charge is -2.07. The van der Waals surface area contributed by atoms with Gasteiger partial charge in [0, 0.05) is 12.5 Å². The summed E-state index contributed by atoms with van der Waals surface area (Å²) in [4.78, 5) is 20.8. The van der Waals surface area contributed by atoms with Gasteiger partial charge in [-0.15, -0.1) is 6.42 Å². The molecule has 0 heterocycles.